The Balaban J connectivity index is 2.79. The van der Waals surface area contributed by atoms with Crippen molar-refractivity contribution >= 4 is 5.91 Å². The monoisotopic (exact) mass is 280 g/mol. The lowest BCUT2D eigenvalue weighted by Crippen LogP contribution is -2.36. The van der Waals surface area contributed by atoms with E-state index in [1.807, 2.05) is 6.92 Å². The van der Waals surface area contributed by atoms with Crippen LogP contribution < -0.4 is 15.4 Å². The number of carbonyl (C=O) groups is 1. The van der Waals surface area contributed by atoms with Gasteiger partial charge < -0.3 is 15.4 Å². The smallest absolute Gasteiger partial charge is 0.261 e. The first kappa shape index (κ1) is 16.2. The Bertz CT molecular complexity index is 463. The maximum absolute atomic E-state index is 13.9. The molecule has 1 amide bonds. The lowest BCUT2D eigenvalue weighted by Gasteiger charge is -2.17. The second-order valence-electron chi connectivity index (χ2n) is 4.30. The molecule has 0 radical (unpaired) electrons. The fourth-order valence-corrected chi connectivity index (χ4v) is 1.63. The third kappa shape index (κ3) is 4.66. The van der Waals surface area contributed by atoms with Gasteiger partial charge in [0.2, 0.25) is 0 Å². The molecule has 1 unspecified atom stereocenters. The van der Waals surface area contributed by atoms with E-state index < -0.39 is 11.9 Å². The molecule has 0 bridgehead atoms. The number of hydrogen-bond donors (Lipinski definition) is 2. The Morgan fingerprint density at radius 3 is 2.95 bits per heavy atom. The van der Waals surface area contributed by atoms with E-state index in [2.05, 4.69) is 17.2 Å². The third-order valence-corrected chi connectivity index (χ3v) is 2.70. The molecule has 0 saturated carbocycles. The summed E-state index contributed by atoms with van der Waals surface area (Å²) in [5, 5.41) is 5.72. The van der Waals surface area contributed by atoms with Gasteiger partial charge in [-0.25, -0.2) is 4.39 Å². The predicted octanol–water partition coefficient (Wildman–Crippen LogP) is 2.00. The summed E-state index contributed by atoms with van der Waals surface area (Å²) >= 11 is 0. The standard InChI is InChI=1S/C15H21FN2O2/c1-4-9-18-15(19)11(3)20-14-12(10-17-5-2)7-6-8-13(14)16/h4,6-8,11,17H,1,5,9-10H2,2-3H3,(H,18,19). The van der Waals surface area contributed by atoms with E-state index in [-0.39, 0.29) is 11.7 Å². The second-order valence-corrected chi connectivity index (χ2v) is 4.30. The number of carbonyl (C=O) groups excluding carboxylic acids is 1. The van der Waals surface area contributed by atoms with Gasteiger partial charge >= 0.3 is 0 Å². The minimum atomic E-state index is -0.771. The first-order chi connectivity index (χ1) is 9.60. The molecule has 2 N–H and O–H groups in total. The molecule has 20 heavy (non-hydrogen) atoms. The van der Waals surface area contributed by atoms with Crippen molar-refractivity contribution in [2.75, 3.05) is 13.1 Å². The van der Waals surface area contributed by atoms with Gasteiger partial charge in [-0.05, 0) is 19.5 Å². The van der Waals surface area contributed by atoms with Gasteiger partial charge in [0, 0.05) is 18.7 Å². The average Bonchev–Trinajstić information content (AvgIpc) is 2.45. The van der Waals surface area contributed by atoms with Crippen LogP contribution in [-0.4, -0.2) is 25.1 Å². The Morgan fingerprint density at radius 2 is 2.30 bits per heavy atom. The van der Waals surface area contributed by atoms with Crippen molar-refractivity contribution in [2.45, 2.75) is 26.5 Å². The number of para-hydroxylation sites is 1. The van der Waals surface area contributed by atoms with Crippen molar-refractivity contribution in [1.82, 2.24) is 10.6 Å². The van der Waals surface area contributed by atoms with Gasteiger partial charge in [0.1, 0.15) is 0 Å². The molecule has 1 atom stereocenters. The van der Waals surface area contributed by atoms with Crippen LogP contribution in [0.5, 0.6) is 5.75 Å². The average molecular weight is 280 g/mol. The number of rotatable bonds is 8. The van der Waals surface area contributed by atoms with Gasteiger partial charge in [0.25, 0.3) is 5.91 Å². The molecule has 0 aliphatic heterocycles. The first-order valence-electron chi connectivity index (χ1n) is 6.63. The summed E-state index contributed by atoms with van der Waals surface area (Å²) in [6, 6.07) is 4.71. The number of benzene rings is 1. The van der Waals surface area contributed by atoms with Crippen molar-refractivity contribution in [3.05, 3.63) is 42.2 Å². The lowest BCUT2D eigenvalue weighted by atomic mass is 10.2. The molecule has 0 aromatic heterocycles. The highest BCUT2D eigenvalue weighted by Gasteiger charge is 2.18. The van der Waals surface area contributed by atoms with Crippen LogP contribution in [0.1, 0.15) is 19.4 Å². The van der Waals surface area contributed by atoms with Gasteiger partial charge in [0.15, 0.2) is 17.7 Å². The maximum atomic E-state index is 13.9. The minimum Gasteiger partial charge on any atom is -0.477 e. The molecular weight excluding hydrogens is 259 g/mol. The second kappa shape index (κ2) is 8.32. The van der Waals surface area contributed by atoms with Gasteiger partial charge in [-0.1, -0.05) is 25.1 Å². The van der Waals surface area contributed by atoms with Crippen LogP contribution in [-0.2, 0) is 11.3 Å². The molecule has 1 aromatic rings. The molecule has 110 valence electrons. The van der Waals surface area contributed by atoms with Crippen molar-refractivity contribution in [3.63, 3.8) is 0 Å². The Morgan fingerprint density at radius 1 is 1.55 bits per heavy atom. The molecule has 5 heteroatoms. The molecule has 0 heterocycles. The number of ether oxygens (including phenoxy) is 1. The normalized spacial score (nSPS) is 11.8. The van der Waals surface area contributed by atoms with E-state index >= 15 is 0 Å². The summed E-state index contributed by atoms with van der Waals surface area (Å²) in [4.78, 5) is 11.7. The fraction of sp³-hybridized carbons (Fsp3) is 0.400. The SMILES string of the molecule is C=CCNC(=O)C(C)Oc1c(F)cccc1CNCC. The zero-order valence-corrected chi connectivity index (χ0v) is 11.9. The number of halogens is 1. The predicted molar refractivity (Wildman–Crippen MR) is 77.1 cm³/mol. The molecule has 0 aliphatic rings. The van der Waals surface area contributed by atoms with Gasteiger partial charge in [0.05, 0.1) is 0 Å². The van der Waals surface area contributed by atoms with E-state index in [1.165, 1.54) is 6.07 Å². The Kier molecular flexibility index (Phi) is 6.73. The van der Waals surface area contributed by atoms with E-state index in [0.29, 0.717) is 18.7 Å². The van der Waals surface area contributed by atoms with Gasteiger partial charge in [-0.3, -0.25) is 4.79 Å². The van der Waals surface area contributed by atoms with Gasteiger partial charge in [-0.15, -0.1) is 6.58 Å². The van der Waals surface area contributed by atoms with Crippen LogP contribution in [0.25, 0.3) is 0 Å². The van der Waals surface area contributed by atoms with E-state index in [9.17, 15) is 9.18 Å². The third-order valence-electron chi connectivity index (χ3n) is 2.70. The maximum Gasteiger partial charge on any atom is 0.261 e. The van der Waals surface area contributed by atoms with Crippen LogP contribution >= 0.6 is 0 Å². The Labute approximate surface area is 119 Å². The number of amides is 1. The highest BCUT2D eigenvalue weighted by atomic mass is 19.1. The van der Waals surface area contributed by atoms with E-state index in [4.69, 9.17) is 4.74 Å². The Hall–Kier alpha value is -1.88. The largest absolute Gasteiger partial charge is 0.477 e. The summed E-state index contributed by atoms with van der Waals surface area (Å²) < 4.78 is 19.3. The number of hydrogen-bond acceptors (Lipinski definition) is 3. The van der Waals surface area contributed by atoms with Crippen molar-refractivity contribution in [2.24, 2.45) is 0 Å². The zero-order chi connectivity index (χ0) is 15.0. The molecule has 0 fully saturated rings. The molecule has 1 rings (SSSR count). The van der Waals surface area contributed by atoms with Crippen LogP contribution in [0.4, 0.5) is 4.39 Å². The molecule has 0 spiro atoms. The summed E-state index contributed by atoms with van der Waals surface area (Å²) in [6.45, 7) is 8.68. The minimum absolute atomic E-state index is 0.120. The highest BCUT2D eigenvalue weighted by Crippen LogP contribution is 2.23. The molecule has 4 nitrogen and oxygen atoms in total. The lowest BCUT2D eigenvalue weighted by molar-refractivity contribution is -0.127. The first-order valence-corrected chi connectivity index (χ1v) is 6.63. The van der Waals surface area contributed by atoms with Crippen LogP contribution in [0, 0.1) is 5.82 Å². The molecular formula is C15H21FN2O2. The zero-order valence-electron chi connectivity index (χ0n) is 11.9. The summed E-state index contributed by atoms with van der Waals surface area (Å²) in [6.07, 6.45) is 0.803. The van der Waals surface area contributed by atoms with Crippen LogP contribution in [0.3, 0.4) is 0 Å². The van der Waals surface area contributed by atoms with E-state index in [1.54, 1.807) is 25.1 Å². The van der Waals surface area contributed by atoms with Crippen molar-refractivity contribution in [1.29, 1.82) is 0 Å². The summed E-state index contributed by atoms with van der Waals surface area (Å²) in [7, 11) is 0. The fourth-order valence-electron chi connectivity index (χ4n) is 1.63. The van der Waals surface area contributed by atoms with Crippen LogP contribution in [0.2, 0.25) is 0 Å². The topological polar surface area (TPSA) is 50.4 Å². The highest BCUT2D eigenvalue weighted by molar-refractivity contribution is 5.80. The summed E-state index contributed by atoms with van der Waals surface area (Å²) in [5.74, 6) is -0.652. The summed E-state index contributed by atoms with van der Waals surface area (Å²) in [5.41, 5.74) is 0.690. The van der Waals surface area contributed by atoms with Crippen LogP contribution in [0.15, 0.2) is 30.9 Å². The molecule has 1 aromatic carbocycles. The van der Waals surface area contributed by atoms with Crippen molar-refractivity contribution in [3.8, 4) is 5.75 Å². The molecule has 0 saturated heterocycles. The number of nitrogens with one attached hydrogen (secondary N) is 2. The van der Waals surface area contributed by atoms with Gasteiger partial charge in [-0.2, -0.15) is 0 Å². The van der Waals surface area contributed by atoms with E-state index in [0.717, 1.165) is 6.54 Å². The van der Waals surface area contributed by atoms with Crippen molar-refractivity contribution < 1.29 is 13.9 Å². The quantitative estimate of drug-likeness (QED) is 0.716. The molecule has 0 aliphatic carbocycles.